The lowest BCUT2D eigenvalue weighted by molar-refractivity contribution is -0.119. The molecule has 0 radical (unpaired) electrons. The van der Waals surface area contributed by atoms with Crippen molar-refractivity contribution in [1.29, 1.82) is 0 Å². The van der Waals surface area contributed by atoms with Crippen molar-refractivity contribution in [3.05, 3.63) is 72.3 Å². The van der Waals surface area contributed by atoms with Gasteiger partial charge in [-0.3, -0.25) is 9.59 Å². The molecule has 1 heterocycles. The van der Waals surface area contributed by atoms with Gasteiger partial charge < -0.3 is 10.6 Å². The van der Waals surface area contributed by atoms with E-state index in [-0.39, 0.29) is 11.8 Å². The molecule has 25 heavy (non-hydrogen) atoms. The highest BCUT2D eigenvalue weighted by molar-refractivity contribution is 6.04. The second kappa shape index (κ2) is 7.39. The van der Waals surface area contributed by atoms with E-state index in [1.54, 1.807) is 54.5 Å². The van der Waals surface area contributed by atoms with Gasteiger partial charge in [0.25, 0.3) is 5.91 Å². The molecule has 126 valence electrons. The SMILES string of the molecule is CNC(=O)Cc1ccc(NC(=O)c2ccc(-n3cncn3)cc2)cc1. The zero-order valence-electron chi connectivity index (χ0n) is 13.6. The number of amides is 2. The lowest BCUT2D eigenvalue weighted by Crippen LogP contribution is -2.19. The van der Waals surface area contributed by atoms with Crippen LogP contribution in [-0.4, -0.2) is 33.6 Å². The third-order valence-corrected chi connectivity index (χ3v) is 3.67. The summed E-state index contributed by atoms with van der Waals surface area (Å²) in [6, 6.07) is 14.3. The number of carbonyl (C=O) groups is 2. The van der Waals surface area contributed by atoms with E-state index in [0.717, 1.165) is 11.3 Å². The number of aromatic nitrogens is 3. The maximum Gasteiger partial charge on any atom is 0.255 e. The van der Waals surface area contributed by atoms with Gasteiger partial charge in [0.1, 0.15) is 12.7 Å². The predicted molar refractivity (Wildman–Crippen MR) is 93.5 cm³/mol. The molecule has 0 aliphatic rings. The molecule has 2 amide bonds. The predicted octanol–water partition coefficient (Wildman–Crippen LogP) is 1.81. The number of likely N-dealkylation sites (N-methyl/N-ethyl adjacent to an activating group) is 1. The molecule has 0 saturated carbocycles. The van der Waals surface area contributed by atoms with Crippen LogP contribution in [0.25, 0.3) is 5.69 Å². The van der Waals surface area contributed by atoms with Crippen molar-refractivity contribution in [3.63, 3.8) is 0 Å². The molecule has 0 aliphatic heterocycles. The Morgan fingerprint density at radius 2 is 1.76 bits per heavy atom. The summed E-state index contributed by atoms with van der Waals surface area (Å²) < 4.78 is 1.62. The Morgan fingerprint density at radius 1 is 1.04 bits per heavy atom. The van der Waals surface area contributed by atoms with Crippen molar-refractivity contribution in [3.8, 4) is 5.69 Å². The molecule has 3 rings (SSSR count). The van der Waals surface area contributed by atoms with Gasteiger partial charge in [0.2, 0.25) is 5.91 Å². The van der Waals surface area contributed by atoms with Crippen LogP contribution in [0.5, 0.6) is 0 Å². The van der Waals surface area contributed by atoms with Crippen LogP contribution in [0.2, 0.25) is 0 Å². The number of carbonyl (C=O) groups excluding carboxylic acids is 2. The lowest BCUT2D eigenvalue weighted by atomic mass is 10.1. The van der Waals surface area contributed by atoms with Gasteiger partial charge in [0.05, 0.1) is 12.1 Å². The summed E-state index contributed by atoms with van der Waals surface area (Å²) >= 11 is 0. The van der Waals surface area contributed by atoms with Crippen molar-refractivity contribution in [1.82, 2.24) is 20.1 Å². The van der Waals surface area contributed by atoms with Gasteiger partial charge in [-0.1, -0.05) is 12.1 Å². The molecule has 2 N–H and O–H groups in total. The molecule has 1 aromatic heterocycles. The normalized spacial score (nSPS) is 10.3. The Hall–Kier alpha value is -3.48. The zero-order chi connectivity index (χ0) is 17.6. The largest absolute Gasteiger partial charge is 0.359 e. The van der Waals surface area contributed by atoms with Crippen molar-refractivity contribution >= 4 is 17.5 Å². The first-order valence-corrected chi connectivity index (χ1v) is 7.71. The molecule has 0 bridgehead atoms. The summed E-state index contributed by atoms with van der Waals surface area (Å²) in [4.78, 5) is 27.6. The molecule has 7 heteroatoms. The number of hydrogen-bond acceptors (Lipinski definition) is 4. The number of nitrogens with one attached hydrogen (secondary N) is 2. The number of benzene rings is 2. The number of hydrogen-bond donors (Lipinski definition) is 2. The number of nitrogens with zero attached hydrogens (tertiary/aromatic N) is 3. The molecule has 0 aliphatic carbocycles. The number of rotatable bonds is 5. The van der Waals surface area contributed by atoms with Gasteiger partial charge >= 0.3 is 0 Å². The van der Waals surface area contributed by atoms with Crippen LogP contribution < -0.4 is 10.6 Å². The van der Waals surface area contributed by atoms with Gasteiger partial charge in [-0.2, -0.15) is 5.10 Å². The maximum atomic E-state index is 12.3. The van der Waals surface area contributed by atoms with E-state index in [9.17, 15) is 9.59 Å². The van der Waals surface area contributed by atoms with Gasteiger partial charge in [-0.25, -0.2) is 9.67 Å². The average molecular weight is 335 g/mol. The molecule has 0 saturated heterocycles. The van der Waals surface area contributed by atoms with Gasteiger partial charge in [0.15, 0.2) is 0 Å². The number of anilines is 1. The Kier molecular flexibility index (Phi) is 4.84. The van der Waals surface area contributed by atoms with Crippen molar-refractivity contribution < 1.29 is 9.59 Å². The fraction of sp³-hybridized carbons (Fsp3) is 0.111. The Morgan fingerprint density at radius 3 is 2.36 bits per heavy atom. The molecule has 7 nitrogen and oxygen atoms in total. The van der Waals surface area contributed by atoms with Crippen LogP contribution in [0.15, 0.2) is 61.2 Å². The monoisotopic (exact) mass is 335 g/mol. The molecule has 0 unspecified atom stereocenters. The molecule has 2 aromatic carbocycles. The fourth-order valence-electron chi connectivity index (χ4n) is 2.29. The summed E-state index contributed by atoms with van der Waals surface area (Å²) in [7, 11) is 1.60. The molecule has 0 spiro atoms. The lowest BCUT2D eigenvalue weighted by Gasteiger charge is -2.07. The van der Waals surface area contributed by atoms with Gasteiger partial charge in [-0.15, -0.1) is 0 Å². The highest BCUT2D eigenvalue weighted by atomic mass is 16.2. The van der Waals surface area contributed by atoms with Crippen LogP contribution >= 0.6 is 0 Å². The molecule has 0 atom stereocenters. The van der Waals surface area contributed by atoms with E-state index in [4.69, 9.17) is 0 Å². The second-order valence-electron chi connectivity index (χ2n) is 5.39. The first kappa shape index (κ1) is 16.4. The Balaban J connectivity index is 1.64. The van der Waals surface area contributed by atoms with Crippen molar-refractivity contribution in [2.24, 2.45) is 0 Å². The molecule has 0 fully saturated rings. The third-order valence-electron chi connectivity index (χ3n) is 3.67. The molecular weight excluding hydrogens is 318 g/mol. The summed E-state index contributed by atoms with van der Waals surface area (Å²) in [6.07, 6.45) is 3.36. The highest BCUT2D eigenvalue weighted by Crippen LogP contribution is 2.13. The fourth-order valence-corrected chi connectivity index (χ4v) is 2.29. The minimum atomic E-state index is -0.204. The van der Waals surface area contributed by atoms with E-state index in [0.29, 0.717) is 17.7 Å². The van der Waals surface area contributed by atoms with Crippen molar-refractivity contribution in [2.75, 3.05) is 12.4 Å². The summed E-state index contributed by atoms with van der Waals surface area (Å²) in [5.41, 5.74) is 2.92. The van der Waals surface area contributed by atoms with Crippen LogP contribution in [0.1, 0.15) is 15.9 Å². The first-order valence-electron chi connectivity index (χ1n) is 7.71. The Labute approximate surface area is 144 Å². The highest BCUT2D eigenvalue weighted by Gasteiger charge is 2.07. The standard InChI is InChI=1S/C18H17N5O2/c1-19-17(24)10-13-2-6-15(7-3-13)22-18(25)14-4-8-16(9-5-14)23-12-20-11-21-23/h2-9,11-12H,10H2,1H3,(H,19,24)(H,22,25). The molecule has 3 aromatic rings. The topological polar surface area (TPSA) is 88.9 Å². The van der Waals surface area contributed by atoms with Crippen LogP contribution in [-0.2, 0) is 11.2 Å². The molecular formula is C18H17N5O2. The zero-order valence-corrected chi connectivity index (χ0v) is 13.6. The van der Waals surface area contributed by atoms with Crippen LogP contribution in [0.3, 0.4) is 0 Å². The van der Waals surface area contributed by atoms with E-state index < -0.39 is 0 Å². The van der Waals surface area contributed by atoms with E-state index >= 15 is 0 Å². The maximum absolute atomic E-state index is 12.3. The van der Waals surface area contributed by atoms with Crippen LogP contribution in [0.4, 0.5) is 5.69 Å². The summed E-state index contributed by atoms with van der Waals surface area (Å²) in [5, 5.41) is 9.45. The minimum Gasteiger partial charge on any atom is -0.359 e. The second-order valence-corrected chi connectivity index (χ2v) is 5.39. The van der Waals surface area contributed by atoms with E-state index in [1.807, 2.05) is 12.1 Å². The minimum absolute atomic E-state index is 0.0516. The van der Waals surface area contributed by atoms with Gasteiger partial charge in [0, 0.05) is 18.3 Å². The van der Waals surface area contributed by atoms with Crippen LogP contribution in [0, 0.1) is 0 Å². The van der Waals surface area contributed by atoms with E-state index in [2.05, 4.69) is 20.7 Å². The van der Waals surface area contributed by atoms with Gasteiger partial charge in [-0.05, 0) is 42.0 Å². The summed E-state index contributed by atoms with van der Waals surface area (Å²) in [6.45, 7) is 0. The average Bonchev–Trinajstić information content (AvgIpc) is 3.18. The third kappa shape index (κ3) is 4.08. The Bertz CT molecular complexity index is 855. The first-order chi connectivity index (χ1) is 12.2. The quantitative estimate of drug-likeness (QED) is 0.744. The smallest absolute Gasteiger partial charge is 0.255 e. The van der Waals surface area contributed by atoms with E-state index in [1.165, 1.54) is 6.33 Å². The van der Waals surface area contributed by atoms with Crippen molar-refractivity contribution in [2.45, 2.75) is 6.42 Å². The summed E-state index contributed by atoms with van der Waals surface area (Å²) in [5.74, 6) is -0.256.